The molecule has 0 bridgehead atoms. The fourth-order valence-electron chi connectivity index (χ4n) is 1.31. The second-order valence-corrected chi connectivity index (χ2v) is 7.46. The number of halogens is 2. The molecule has 0 radical (unpaired) electrons. The Morgan fingerprint density at radius 2 is 1.86 bits per heavy atom. The SMILES string of the molecule is CCO[Si](C)(C)c1ccc(F)c(F)c1. The van der Waals surface area contributed by atoms with Crippen LogP contribution in [-0.4, -0.2) is 14.9 Å². The van der Waals surface area contributed by atoms with E-state index in [9.17, 15) is 8.78 Å². The molecule has 0 atom stereocenters. The lowest BCUT2D eigenvalue weighted by molar-refractivity contribution is 0.339. The highest BCUT2D eigenvalue weighted by Gasteiger charge is 2.25. The Morgan fingerprint density at radius 3 is 2.36 bits per heavy atom. The van der Waals surface area contributed by atoms with E-state index in [0.29, 0.717) is 6.61 Å². The van der Waals surface area contributed by atoms with Gasteiger partial charge in [0, 0.05) is 6.61 Å². The van der Waals surface area contributed by atoms with Crippen molar-refractivity contribution < 1.29 is 13.2 Å². The van der Waals surface area contributed by atoms with Crippen LogP contribution >= 0.6 is 0 Å². The van der Waals surface area contributed by atoms with Crippen molar-refractivity contribution in [2.24, 2.45) is 0 Å². The zero-order chi connectivity index (χ0) is 10.8. The largest absolute Gasteiger partial charge is 0.413 e. The van der Waals surface area contributed by atoms with Crippen molar-refractivity contribution in [1.29, 1.82) is 0 Å². The Morgan fingerprint density at radius 1 is 1.21 bits per heavy atom. The summed E-state index contributed by atoms with van der Waals surface area (Å²) in [6, 6.07) is 3.98. The lowest BCUT2D eigenvalue weighted by atomic mass is 10.3. The van der Waals surface area contributed by atoms with Gasteiger partial charge < -0.3 is 4.43 Å². The summed E-state index contributed by atoms with van der Waals surface area (Å²) < 4.78 is 31.2. The van der Waals surface area contributed by atoms with E-state index in [1.165, 1.54) is 6.07 Å². The maximum absolute atomic E-state index is 12.9. The van der Waals surface area contributed by atoms with E-state index in [1.54, 1.807) is 6.07 Å². The van der Waals surface area contributed by atoms with E-state index in [1.807, 2.05) is 20.0 Å². The molecule has 0 N–H and O–H groups in total. The summed E-state index contributed by atoms with van der Waals surface area (Å²) in [5.74, 6) is -1.61. The van der Waals surface area contributed by atoms with Crippen LogP contribution in [0.3, 0.4) is 0 Å². The zero-order valence-corrected chi connectivity index (χ0v) is 9.60. The van der Waals surface area contributed by atoms with E-state index in [2.05, 4.69) is 0 Å². The molecule has 0 aliphatic rings. The second-order valence-electron chi connectivity index (χ2n) is 3.57. The highest BCUT2D eigenvalue weighted by Crippen LogP contribution is 2.09. The zero-order valence-electron chi connectivity index (χ0n) is 8.60. The molecule has 0 amide bonds. The van der Waals surface area contributed by atoms with Crippen LogP contribution in [0.5, 0.6) is 0 Å². The Labute approximate surface area is 83.8 Å². The van der Waals surface area contributed by atoms with Crippen molar-refractivity contribution in [1.82, 2.24) is 0 Å². The summed E-state index contributed by atoms with van der Waals surface area (Å²) >= 11 is 0. The van der Waals surface area contributed by atoms with Gasteiger partial charge in [0.1, 0.15) is 0 Å². The average molecular weight is 216 g/mol. The first-order valence-corrected chi connectivity index (χ1v) is 7.47. The molecule has 0 fully saturated rings. The highest BCUT2D eigenvalue weighted by molar-refractivity contribution is 6.84. The Kier molecular flexibility index (Phi) is 3.39. The van der Waals surface area contributed by atoms with Gasteiger partial charge in [0.15, 0.2) is 11.6 Å². The van der Waals surface area contributed by atoms with Crippen LogP contribution in [0, 0.1) is 11.6 Å². The summed E-state index contributed by atoms with van der Waals surface area (Å²) in [6.07, 6.45) is 0. The number of benzene rings is 1. The fourth-order valence-corrected chi connectivity index (χ4v) is 3.16. The van der Waals surface area contributed by atoms with Crippen molar-refractivity contribution >= 4 is 13.5 Å². The lowest BCUT2D eigenvalue weighted by Crippen LogP contribution is -2.44. The van der Waals surface area contributed by atoms with Crippen molar-refractivity contribution in [3.05, 3.63) is 29.8 Å². The third-order valence-electron chi connectivity index (χ3n) is 2.12. The summed E-state index contributed by atoms with van der Waals surface area (Å²) in [5, 5.41) is 0.776. The minimum Gasteiger partial charge on any atom is -0.413 e. The molecule has 0 unspecified atom stereocenters. The lowest BCUT2D eigenvalue weighted by Gasteiger charge is -2.22. The fraction of sp³-hybridized carbons (Fsp3) is 0.400. The molecule has 0 aliphatic carbocycles. The normalized spacial score (nSPS) is 11.8. The van der Waals surface area contributed by atoms with Gasteiger partial charge in [-0.3, -0.25) is 0 Å². The van der Waals surface area contributed by atoms with Crippen LogP contribution in [0.15, 0.2) is 18.2 Å². The van der Waals surface area contributed by atoms with E-state index < -0.39 is 20.0 Å². The molecule has 0 aromatic heterocycles. The van der Waals surface area contributed by atoms with E-state index in [0.717, 1.165) is 11.3 Å². The van der Waals surface area contributed by atoms with Crippen molar-refractivity contribution in [2.45, 2.75) is 20.0 Å². The van der Waals surface area contributed by atoms with Gasteiger partial charge in [0.25, 0.3) is 0 Å². The minimum atomic E-state index is -2.04. The van der Waals surface area contributed by atoms with Gasteiger partial charge in [-0.2, -0.15) is 0 Å². The Balaban J connectivity index is 3.01. The van der Waals surface area contributed by atoms with Crippen LogP contribution in [0.1, 0.15) is 6.92 Å². The Bertz CT molecular complexity index is 326. The first-order chi connectivity index (χ1) is 6.47. The van der Waals surface area contributed by atoms with E-state index in [4.69, 9.17) is 4.43 Å². The van der Waals surface area contributed by atoms with Gasteiger partial charge in [0.05, 0.1) is 0 Å². The molecule has 1 aromatic rings. The Hall–Kier alpha value is -0.743. The number of hydrogen-bond acceptors (Lipinski definition) is 1. The van der Waals surface area contributed by atoms with Gasteiger partial charge in [-0.1, -0.05) is 6.07 Å². The van der Waals surface area contributed by atoms with Crippen molar-refractivity contribution in [3.8, 4) is 0 Å². The van der Waals surface area contributed by atoms with Gasteiger partial charge in [-0.05, 0) is 37.3 Å². The number of rotatable bonds is 3. The molecule has 1 nitrogen and oxygen atoms in total. The first-order valence-electron chi connectivity index (χ1n) is 4.57. The molecule has 0 saturated carbocycles. The predicted octanol–water partition coefficient (Wildman–Crippen LogP) is 2.41. The van der Waals surface area contributed by atoms with Crippen molar-refractivity contribution in [2.75, 3.05) is 6.61 Å². The molecular formula is C10H14F2OSi. The van der Waals surface area contributed by atoms with Crippen LogP contribution in [0.25, 0.3) is 0 Å². The molecule has 0 saturated heterocycles. The van der Waals surface area contributed by atoms with Crippen LogP contribution < -0.4 is 5.19 Å². The third-order valence-corrected chi connectivity index (χ3v) is 4.83. The summed E-state index contributed by atoms with van der Waals surface area (Å²) in [5.41, 5.74) is 0. The number of hydrogen-bond donors (Lipinski definition) is 0. The van der Waals surface area contributed by atoms with Gasteiger partial charge in [0.2, 0.25) is 8.32 Å². The maximum atomic E-state index is 12.9. The molecule has 1 aromatic carbocycles. The van der Waals surface area contributed by atoms with Gasteiger partial charge in [-0.25, -0.2) is 8.78 Å². The average Bonchev–Trinajstić information content (AvgIpc) is 2.09. The monoisotopic (exact) mass is 216 g/mol. The van der Waals surface area contributed by atoms with Crippen molar-refractivity contribution in [3.63, 3.8) is 0 Å². The molecule has 0 spiro atoms. The van der Waals surface area contributed by atoms with Gasteiger partial charge >= 0.3 is 0 Å². The molecule has 4 heteroatoms. The third kappa shape index (κ3) is 2.39. The molecule has 78 valence electrons. The summed E-state index contributed by atoms with van der Waals surface area (Å²) in [7, 11) is -2.04. The van der Waals surface area contributed by atoms with Crippen LogP contribution in [0.4, 0.5) is 8.78 Å². The predicted molar refractivity (Wildman–Crippen MR) is 55.1 cm³/mol. The van der Waals surface area contributed by atoms with E-state index >= 15 is 0 Å². The quantitative estimate of drug-likeness (QED) is 0.705. The standard InChI is InChI=1S/C10H14F2OSi/c1-4-13-14(2,3)8-5-6-9(11)10(12)7-8/h5-7H,4H2,1-3H3. The van der Waals surface area contributed by atoms with E-state index in [-0.39, 0.29) is 0 Å². The molecule has 0 aliphatic heterocycles. The molecular weight excluding hydrogens is 202 g/mol. The van der Waals surface area contributed by atoms with Crippen LogP contribution in [-0.2, 0) is 4.43 Å². The molecule has 1 rings (SSSR count). The second kappa shape index (κ2) is 4.19. The summed E-state index contributed by atoms with van der Waals surface area (Å²) in [4.78, 5) is 0. The maximum Gasteiger partial charge on any atom is 0.218 e. The summed E-state index contributed by atoms with van der Waals surface area (Å²) in [6.45, 7) is 6.42. The smallest absolute Gasteiger partial charge is 0.218 e. The molecule has 14 heavy (non-hydrogen) atoms. The molecule has 0 heterocycles. The topological polar surface area (TPSA) is 9.23 Å². The van der Waals surface area contributed by atoms with Crippen LogP contribution in [0.2, 0.25) is 13.1 Å². The first kappa shape index (κ1) is 11.3. The van der Waals surface area contributed by atoms with Gasteiger partial charge in [-0.15, -0.1) is 0 Å². The minimum absolute atomic E-state index is 0.595. The highest BCUT2D eigenvalue weighted by atomic mass is 28.4.